The second-order valence-corrected chi connectivity index (χ2v) is 3.89. The summed E-state index contributed by atoms with van der Waals surface area (Å²) in [5, 5.41) is 5.05. The van der Waals surface area contributed by atoms with Gasteiger partial charge in [-0.3, -0.25) is 9.59 Å². The quantitative estimate of drug-likeness (QED) is 0.716. The monoisotopic (exact) mass is 268 g/mol. The molecule has 0 unspecified atom stereocenters. The van der Waals surface area contributed by atoms with Gasteiger partial charge in [-0.15, -0.1) is 0 Å². The van der Waals surface area contributed by atoms with Gasteiger partial charge in [0, 0.05) is 25.8 Å². The Hall–Kier alpha value is -1.95. The van der Waals surface area contributed by atoms with Gasteiger partial charge in [0.05, 0.1) is 6.54 Å². The van der Waals surface area contributed by atoms with Crippen LogP contribution in [0.1, 0.15) is 16.8 Å². The third kappa shape index (κ3) is 5.96. The number of halogens is 1. The highest BCUT2D eigenvalue weighted by atomic mass is 19.1. The van der Waals surface area contributed by atoms with E-state index in [4.69, 9.17) is 4.74 Å². The van der Waals surface area contributed by atoms with Crippen molar-refractivity contribution in [3.8, 4) is 0 Å². The fourth-order valence-corrected chi connectivity index (χ4v) is 1.40. The summed E-state index contributed by atoms with van der Waals surface area (Å²) in [5.41, 5.74) is 0.187. The molecule has 0 spiro atoms. The van der Waals surface area contributed by atoms with Gasteiger partial charge in [0.25, 0.3) is 5.91 Å². The highest BCUT2D eigenvalue weighted by Gasteiger charge is 2.08. The van der Waals surface area contributed by atoms with Gasteiger partial charge in [-0.05, 0) is 24.6 Å². The molecule has 0 saturated heterocycles. The average molecular weight is 268 g/mol. The molecule has 0 bridgehead atoms. The SMILES string of the molecule is COCCCNC(=O)CNC(=O)c1cccc(F)c1. The average Bonchev–Trinajstić information content (AvgIpc) is 2.41. The lowest BCUT2D eigenvalue weighted by atomic mass is 10.2. The Labute approximate surface area is 111 Å². The molecule has 2 amide bonds. The van der Waals surface area contributed by atoms with Crippen LogP contribution in [0.15, 0.2) is 24.3 Å². The Bertz CT molecular complexity index is 438. The van der Waals surface area contributed by atoms with E-state index in [1.54, 1.807) is 7.11 Å². The van der Waals surface area contributed by atoms with Crippen LogP contribution in [0.2, 0.25) is 0 Å². The standard InChI is InChI=1S/C13H17FN2O3/c1-19-7-3-6-15-12(17)9-16-13(18)10-4-2-5-11(14)8-10/h2,4-5,8H,3,6-7,9H2,1H3,(H,15,17)(H,16,18). The Kier molecular flexibility index (Phi) is 6.52. The van der Waals surface area contributed by atoms with E-state index in [9.17, 15) is 14.0 Å². The number of amides is 2. The molecule has 0 aliphatic heterocycles. The van der Waals surface area contributed by atoms with Crippen molar-refractivity contribution in [3.05, 3.63) is 35.6 Å². The summed E-state index contributed by atoms with van der Waals surface area (Å²) < 4.78 is 17.7. The van der Waals surface area contributed by atoms with Crippen molar-refractivity contribution < 1.29 is 18.7 Å². The number of hydrogen-bond acceptors (Lipinski definition) is 3. The minimum atomic E-state index is -0.489. The number of methoxy groups -OCH3 is 1. The van der Waals surface area contributed by atoms with Gasteiger partial charge in [0.2, 0.25) is 5.91 Å². The van der Waals surface area contributed by atoms with Crippen molar-refractivity contribution in [3.63, 3.8) is 0 Å². The summed E-state index contributed by atoms with van der Waals surface area (Å²) in [5.74, 6) is -1.26. The summed E-state index contributed by atoms with van der Waals surface area (Å²) in [4.78, 5) is 23.0. The van der Waals surface area contributed by atoms with E-state index in [0.29, 0.717) is 19.6 Å². The number of carbonyl (C=O) groups is 2. The number of hydrogen-bond donors (Lipinski definition) is 2. The first-order valence-corrected chi connectivity index (χ1v) is 5.93. The smallest absolute Gasteiger partial charge is 0.251 e. The molecular weight excluding hydrogens is 251 g/mol. The lowest BCUT2D eigenvalue weighted by Crippen LogP contribution is -2.37. The highest BCUT2D eigenvalue weighted by Crippen LogP contribution is 2.02. The van der Waals surface area contributed by atoms with Crippen LogP contribution >= 0.6 is 0 Å². The molecule has 2 N–H and O–H groups in total. The third-order valence-electron chi connectivity index (χ3n) is 2.34. The van der Waals surface area contributed by atoms with Crippen LogP contribution in [0.25, 0.3) is 0 Å². The van der Waals surface area contributed by atoms with Gasteiger partial charge in [0.15, 0.2) is 0 Å². The predicted molar refractivity (Wildman–Crippen MR) is 68.2 cm³/mol. The Morgan fingerprint density at radius 3 is 2.79 bits per heavy atom. The van der Waals surface area contributed by atoms with Crippen molar-refractivity contribution in [2.24, 2.45) is 0 Å². The van der Waals surface area contributed by atoms with E-state index in [0.717, 1.165) is 6.07 Å². The fraction of sp³-hybridized carbons (Fsp3) is 0.385. The van der Waals surface area contributed by atoms with Crippen LogP contribution in [-0.4, -0.2) is 38.6 Å². The molecule has 0 radical (unpaired) electrons. The zero-order valence-electron chi connectivity index (χ0n) is 10.7. The molecular formula is C13H17FN2O3. The van der Waals surface area contributed by atoms with E-state index in [2.05, 4.69) is 10.6 Å². The Morgan fingerprint density at radius 1 is 1.32 bits per heavy atom. The van der Waals surface area contributed by atoms with Crippen LogP contribution in [0.4, 0.5) is 4.39 Å². The van der Waals surface area contributed by atoms with Gasteiger partial charge >= 0.3 is 0 Å². The highest BCUT2D eigenvalue weighted by molar-refractivity contribution is 5.96. The number of nitrogens with one attached hydrogen (secondary N) is 2. The fourth-order valence-electron chi connectivity index (χ4n) is 1.40. The first-order chi connectivity index (χ1) is 9.13. The van der Waals surface area contributed by atoms with Crippen LogP contribution in [0.5, 0.6) is 0 Å². The summed E-state index contributed by atoms with van der Waals surface area (Å²) in [7, 11) is 1.58. The maximum atomic E-state index is 12.9. The number of benzene rings is 1. The summed E-state index contributed by atoms with van der Waals surface area (Å²) in [6, 6.07) is 5.29. The molecule has 1 aromatic carbocycles. The molecule has 0 fully saturated rings. The minimum absolute atomic E-state index is 0.137. The molecule has 19 heavy (non-hydrogen) atoms. The molecule has 0 heterocycles. The second-order valence-electron chi connectivity index (χ2n) is 3.89. The number of ether oxygens (including phenoxy) is 1. The normalized spacial score (nSPS) is 10.0. The van der Waals surface area contributed by atoms with Crippen molar-refractivity contribution in [1.82, 2.24) is 10.6 Å². The molecule has 0 aliphatic rings. The lowest BCUT2D eigenvalue weighted by molar-refractivity contribution is -0.120. The molecule has 0 aromatic heterocycles. The second kappa shape index (κ2) is 8.20. The van der Waals surface area contributed by atoms with Crippen molar-refractivity contribution in [2.75, 3.05) is 26.8 Å². The maximum Gasteiger partial charge on any atom is 0.251 e. The molecule has 1 aromatic rings. The van der Waals surface area contributed by atoms with Gasteiger partial charge in [-0.1, -0.05) is 6.07 Å². The van der Waals surface area contributed by atoms with E-state index in [-0.39, 0.29) is 18.0 Å². The van der Waals surface area contributed by atoms with Gasteiger partial charge < -0.3 is 15.4 Å². The summed E-state index contributed by atoms with van der Waals surface area (Å²) in [6.07, 6.45) is 0.708. The Morgan fingerprint density at radius 2 is 2.11 bits per heavy atom. The minimum Gasteiger partial charge on any atom is -0.385 e. The van der Waals surface area contributed by atoms with E-state index >= 15 is 0 Å². The van der Waals surface area contributed by atoms with Gasteiger partial charge in [-0.25, -0.2) is 4.39 Å². The molecule has 6 heteroatoms. The van der Waals surface area contributed by atoms with Crippen LogP contribution in [-0.2, 0) is 9.53 Å². The number of rotatable bonds is 7. The Balaban J connectivity index is 2.28. The van der Waals surface area contributed by atoms with Gasteiger partial charge in [-0.2, -0.15) is 0 Å². The van der Waals surface area contributed by atoms with E-state index < -0.39 is 11.7 Å². The van der Waals surface area contributed by atoms with Gasteiger partial charge in [0.1, 0.15) is 5.82 Å². The topological polar surface area (TPSA) is 67.4 Å². The largest absolute Gasteiger partial charge is 0.385 e. The van der Waals surface area contributed by atoms with Crippen LogP contribution < -0.4 is 10.6 Å². The van der Waals surface area contributed by atoms with Crippen molar-refractivity contribution >= 4 is 11.8 Å². The first kappa shape index (κ1) is 15.1. The summed E-state index contributed by atoms with van der Waals surface area (Å²) in [6.45, 7) is 0.917. The number of carbonyl (C=O) groups excluding carboxylic acids is 2. The van der Waals surface area contributed by atoms with E-state index in [1.165, 1.54) is 18.2 Å². The van der Waals surface area contributed by atoms with Crippen molar-refractivity contribution in [1.29, 1.82) is 0 Å². The maximum absolute atomic E-state index is 12.9. The zero-order chi connectivity index (χ0) is 14.1. The predicted octanol–water partition coefficient (Wildman–Crippen LogP) is 0.708. The molecule has 1 rings (SSSR count). The zero-order valence-corrected chi connectivity index (χ0v) is 10.7. The molecule has 0 saturated carbocycles. The molecule has 104 valence electrons. The molecule has 5 nitrogen and oxygen atoms in total. The molecule has 0 aliphatic carbocycles. The van der Waals surface area contributed by atoms with Crippen molar-refractivity contribution in [2.45, 2.75) is 6.42 Å². The van der Waals surface area contributed by atoms with Crippen LogP contribution in [0, 0.1) is 5.82 Å². The lowest BCUT2D eigenvalue weighted by Gasteiger charge is -2.06. The third-order valence-corrected chi connectivity index (χ3v) is 2.34. The first-order valence-electron chi connectivity index (χ1n) is 5.93. The van der Waals surface area contributed by atoms with E-state index in [1.807, 2.05) is 0 Å². The summed E-state index contributed by atoms with van der Waals surface area (Å²) >= 11 is 0. The van der Waals surface area contributed by atoms with Crippen LogP contribution in [0.3, 0.4) is 0 Å². The molecule has 0 atom stereocenters.